The molecule has 0 radical (unpaired) electrons. The van der Waals surface area contributed by atoms with Crippen molar-refractivity contribution in [3.63, 3.8) is 0 Å². The van der Waals surface area contributed by atoms with Crippen LogP contribution >= 0.6 is 27.3 Å². The maximum atomic E-state index is 6.04. The summed E-state index contributed by atoms with van der Waals surface area (Å²) in [6, 6.07) is 3.49. The van der Waals surface area contributed by atoms with Crippen LogP contribution in [-0.4, -0.2) is 48.6 Å². The molecule has 1 aromatic heterocycles. The first kappa shape index (κ1) is 15.0. The molecule has 5 heteroatoms. The Hall–Kier alpha value is 0.0600. The molecule has 1 saturated carbocycles. The van der Waals surface area contributed by atoms with E-state index in [0.717, 1.165) is 25.7 Å². The lowest BCUT2D eigenvalue weighted by molar-refractivity contribution is 0.0732. The third kappa shape index (κ3) is 3.28. The Kier molecular flexibility index (Phi) is 5.15. The Labute approximate surface area is 134 Å². The molecule has 1 aromatic rings. The molecule has 2 fully saturated rings. The van der Waals surface area contributed by atoms with Gasteiger partial charge in [0.1, 0.15) is 0 Å². The zero-order valence-corrected chi connectivity index (χ0v) is 14.3. The Balaban J connectivity index is 1.58. The highest BCUT2D eigenvalue weighted by Crippen LogP contribution is 2.31. The fourth-order valence-electron chi connectivity index (χ4n) is 3.63. The monoisotopic (exact) mass is 357 g/mol. The number of nitrogens with zero attached hydrogens (tertiary/aromatic N) is 2. The van der Waals surface area contributed by atoms with Crippen LogP contribution < -0.4 is 5.73 Å². The highest BCUT2D eigenvalue weighted by atomic mass is 79.9. The van der Waals surface area contributed by atoms with E-state index in [0.29, 0.717) is 6.04 Å². The molecule has 1 atom stereocenters. The van der Waals surface area contributed by atoms with Gasteiger partial charge in [-0.1, -0.05) is 12.8 Å². The summed E-state index contributed by atoms with van der Waals surface area (Å²) in [7, 11) is 0. The Morgan fingerprint density at radius 1 is 1.25 bits per heavy atom. The van der Waals surface area contributed by atoms with Gasteiger partial charge in [0.05, 0.1) is 6.04 Å². The van der Waals surface area contributed by atoms with E-state index in [2.05, 4.69) is 37.2 Å². The zero-order valence-electron chi connectivity index (χ0n) is 11.9. The van der Waals surface area contributed by atoms with Crippen LogP contribution in [0.3, 0.4) is 0 Å². The van der Waals surface area contributed by atoms with Gasteiger partial charge in [-0.25, -0.2) is 0 Å². The van der Waals surface area contributed by atoms with E-state index in [1.54, 1.807) is 0 Å². The van der Waals surface area contributed by atoms with Gasteiger partial charge in [-0.15, -0.1) is 11.3 Å². The summed E-state index contributed by atoms with van der Waals surface area (Å²) in [5, 5.41) is 2.16. The molecule has 0 bridgehead atoms. The first-order valence-electron chi connectivity index (χ1n) is 7.70. The summed E-state index contributed by atoms with van der Waals surface area (Å²) in [6.45, 7) is 5.47. The second-order valence-electron chi connectivity index (χ2n) is 5.93. The number of piperazine rings is 1. The average Bonchev–Trinajstić information content (AvgIpc) is 3.12. The van der Waals surface area contributed by atoms with E-state index in [-0.39, 0.29) is 0 Å². The molecule has 0 amide bonds. The summed E-state index contributed by atoms with van der Waals surface area (Å²) < 4.78 is 1.18. The number of nitrogens with two attached hydrogens (primary N) is 1. The largest absolute Gasteiger partial charge is 0.329 e. The fourth-order valence-corrected chi connectivity index (χ4v) is 5.22. The van der Waals surface area contributed by atoms with Crippen LogP contribution in [0.5, 0.6) is 0 Å². The predicted molar refractivity (Wildman–Crippen MR) is 89.2 cm³/mol. The molecule has 2 heterocycles. The Morgan fingerprint density at radius 3 is 2.50 bits per heavy atom. The van der Waals surface area contributed by atoms with Crippen molar-refractivity contribution in [2.75, 3.05) is 32.7 Å². The third-order valence-corrected chi connectivity index (χ3v) is 6.56. The molecule has 0 spiro atoms. The number of thiophene rings is 1. The highest BCUT2D eigenvalue weighted by Gasteiger charge is 2.29. The molecule has 2 N–H and O–H groups in total. The van der Waals surface area contributed by atoms with Crippen LogP contribution in [0.15, 0.2) is 15.9 Å². The molecule has 1 unspecified atom stereocenters. The smallest absolute Gasteiger partial charge is 0.0565 e. The van der Waals surface area contributed by atoms with E-state index in [9.17, 15) is 0 Å². The van der Waals surface area contributed by atoms with Gasteiger partial charge in [-0.3, -0.25) is 9.80 Å². The topological polar surface area (TPSA) is 32.5 Å². The first-order chi connectivity index (χ1) is 9.78. The van der Waals surface area contributed by atoms with Crippen molar-refractivity contribution in [2.45, 2.75) is 37.8 Å². The third-order valence-electron chi connectivity index (χ3n) is 4.77. The van der Waals surface area contributed by atoms with Gasteiger partial charge in [0, 0.05) is 53.5 Å². The van der Waals surface area contributed by atoms with E-state index >= 15 is 0 Å². The van der Waals surface area contributed by atoms with Gasteiger partial charge in [-0.05, 0) is 34.8 Å². The minimum Gasteiger partial charge on any atom is -0.329 e. The molecular weight excluding hydrogens is 334 g/mol. The van der Waals surface area contributed by atoms with Crippen molar-refractivity contribution in [1.82, 2.24) is 9.80 Å². The number of hydrogen-bond donors (Lipinski definition) is 1. The van der Waals surface area contributed by atoms with Crippen molar-refractivity contribution in [2.24, 2.45) is 5.73 Å². The number of halogens is 1. The van der Waals surface area contributed by atoms with Gasteiger partial charge in [-0.2, -0.15) is 0 Å². The maximum Gasteiger partial charge on any atom is 0.0565 e. The maximum absolute atomic E-state index is 6.04. The minimum absolute atomic E-state index is 0.400. The molecule has 112 valence electrons. The van der Waals surface area contributed by atoms with Crippen LogP contribution in [0.25, 0.3) is 0 Å². The molecule has 0 aromatic carbocycles. The summed E-state index contributed by atoms with van der Waals surface area (Å²) >= 11 is 5.37. The molecule has 1 aliphatic heterocycles. The number of rotatable bonds is 4. The van der Waals surface area contributed by atoms with Crippen LogP contribution in [0.4, 0.5) is 0 Å². The highest BCUT2D eigenvalue weighted by molar-refractivity contribution is 9.10. The van der Waals surface area contributed by atoms with E-state index < -0.39 is 0 Å². The lowest BCUT2D eigenvalue weighted by Crippen LogP contribution is -2.51. The predicted octanol–water partition coefficient (Wildman–Crippen LogP) is 3.07. The molecule has 20 heavy (non-hydrogen) atoms. The summed E-state index contributed by atoms with van der Waals surface area (Å²) in [5.41, 5.74) is 6.04. The van der Waals surface area contributed by atoms with E-state index in [1.165, 1.54) is 48.1 Å². The lowest BCUT2D eigenvalue weighted by Gasteiger charge is -2.41. The van der Waals surface area contributed by atoms with Gasteiger partial charge >= 0.3 is 0 Å². The van der Waals surface area contributed by atoms with Gasteiger partial charge < -0.3 is 5.73 Å². The van der Waals surface area contributed by atoms with Crippen molar-refractivity contribution in [1.29, 1.82) is 0 Å². The minimum atomic E-state index is 0.400. The van der Waals surface area contributed by atoms with Crippen LogP contribution in [0.1, 0.15) is 36.6 Å². The van der Waals surface area contributed by atoms with Crippen molar-refractivity contribution < 1.29 is 0 Å². The molecule has 1 saturated heterocycles. The SMILES string of the molecule is NCC(c1cc(Br)cs1)N1CCN(C2CCCC2)CC1. The Morgan fingerprint density at radius 2 is 1.95 bits per heavy atom. The molecular formula is C15H24BrN3S. The van der Waals surface area contributed by atoms with Crippen molar-refractivity contribution in [3.8, 4) is 0 Å². The van der Waals surface area contributed by atoms with Crippen LogP contribution in [0, 0.1) is 0 Å². The number of hydrogen-bond acceptors (Lipinski definition) is 4. The standard InChI is InChI=1S/C15H24BrN3S/c16-12-9-15(20-11-12)14(10-17)19-7-5-18(6-8-19)13-3-1-2-4-13/h9,11,13-14H,1-8,10,17H2. The van der Waals surface area contributed by atoms with Crippen molar-refractivity contribution in [3.05, 3.63) is 20.8 Å². The van der Waals surface area contributed by atoms with Crippen molar-refractivity contribution >= 4 is 27.3 Å². The summed E-state index contributed by atoms with van der Waals surface area (Å²) in [5.74, 6) is 0. The zero-order chi connectivity index (χ0) is 13.9. The Bertz CT molecular complexity index is 423. The molecule has 3 nitrogen and oxygen atoms in total. The lowest BCUT2D eigenvalue weighted by atomic mass is 10.1. The average molecular weight is 358 g/mol. The molecule has 1 aliphatic carbocycles. The normalized spacial score (nSPS) is 24.3. The van der Waals surface area contributed by atoms with Gasteiger partial charge in [0.15, 0.2) is 0 Å². The van der Waals surface area contributed by atoms with Gasteiger partial charge in [0.2, 0.25) is 0 Å². The summed E-state index contributed by atoms with van der Waals surface area (Å²) in [4.78, 5) is 6.68. The molecule has 3 rings (SSSR count). The molecule has 2 aliphatic rings. The second kappa shape index (κ2) is 6.88. The van der Waals surface area contributed by atoms with E-state index in [1.807, 2.05) is 11.3 Å². The van der Waals surface area contributed by atoms with Crippen LogP contribution in [0.2, 0.25) is 0 Å². The quantitative estimate of drug-likeness (QED) is 0.898. The second-order valence-corrected chi connectivity index (χ2v) is 7.79. The van der Waals surface area contributed by atoms with Crippen LogP contribution in [-0.2, 0) is 0 Å². The van der Waals surface area contributed by atoms with E-state index in [4.69, 9.17) is 5.73 Å². The van der Waals surface area contributed by atoms with Gasteiger partial charge in [0.25, 0.3) is 0 Å². The fraction of sp³-hybridized carbons (Fsp3) is 0.733. The first-order valence-corrected chi connectivity index (χ1v) is 9.37. The summed E-state index contributed by atoms with van der Waals surface area (Å²) in [6.07, 6.45) is 5.69.